The van der Waals surface area contributed by atoms with Crippen LogP contribution in [0, 0.1) is 5.92 Å². The number of carboxylic acid groups (broad SMARTS) is 1. The summed E-state index contributed by atoms with van der Waals surface area (Å²) in [6.45, 7) is 0. The second-order valence-corrected chi connectivity index (χ2v) is 3.41. The number of nitrogens with zero attached hydrogens (tertiary/aromatic N) is 1. The van der Waals surface area contributed by atoms with Gasteiger partial charge in [-0.1, -0.05) is 6.42 Å². The van der Waals surface area contributed by atoms with E-state index in [1.807, 2.05) is 0 Å². The summed E-state index contributed by atoms with van der Waals surface area (Å²) in [6.07, 6.45) is 3.08. The minimum absolute atomic E-state index is 0.000139. The Hall–Kier alpha value is -1.26. The van der Waals surface area contributed by atoms with E-state index in [0.717, 1.165) is 19.3 Å². The normalized spacial score (nSPS) is 28.0. The van der Waals surface area contributed by atoms with Gasteiger partial charge in [0.05, 0.1) is 12.0 Å². The van der Waals surface area contributed by atoms with E-state index in [9.17, 15) is 4.79 Å². The summed E-state index contributed by atoms with van der Waals surface area (Å²) < 4.78 is 0. The standard InChI is InChI=1S/C8H15N3O2/c9-8(10)11-6-3-1-2-5(4-6)7(12)13/h5-6H,1-4H2,(H,12,13)(H4,9,10,11). The monoisotopic (exact) mass is 185 g/mol. The van der Waals surface area contributed by atoms with Crippen molar-refractivity contribution in [3.8, 4) is 0 Å². The number of hydrogen-bond donors (Lipinski definition) is 3. The Labute approximate surface area is 76.8 Å². The van der Waals surface area contributed by atoms with E-state index in [1.165, 1.54) is 0 Å². The van der Waals surface area contributed by atoms with Gasteiger partial charge in [0.15, 0.2) is 5.96 Å². The smallest absolute Gasteiger partial charge is 0.306 e. The minimum atomic E-state index is -0.740. The highest BCUT2D eigenvalue weighted by molar-refractivity contribution is 5.76. The van der Waals surface area contributed by atoms with Gasteiger partial charge in [0.1, 0.15) is 0 Å². The van der Waals surface area contributed by atoms with Crippen LogP contribution in [0.4, 0.5) is 0 Å². The number of carbonyl (C=O) groups is 1. The fourth-order valence-corrected chi connectivity index (χ4v) is 1.72. The summed E-state index contributed by atoms with van der Waals surface area (Å²) >= 11 is 0. The fourth-order valence-electron chi connectivity index (χ4n) is 1.72. The molecule has 1 aliphatic rings. The van der Waals surface area contributed by atoms with Crippen LogP contribution in [0.1, 0.15) is 25.7 Å². The number of aliphatic imine (C=N–C) groups is 1. The van der Waals surface area contributed by atoms with E-state index >= 15 is 0 Å². The molecular formula is C8H15N3O2. The molecule has 1 saturated carbocycles. The van der Waals surface area contributed by atoms with Crippen LogP contribution in [0.25, 0.3) is 0 Å². The molecule has 2 unspecified atom stereocenters. The summed E-state index contributed by atoms with van der Waals surface area (Å²) in [5, 5.41) is 8.78. The Balaban J connectivity index is 2.51. The zero-order chi connectivity index (χ0) is 9.84. The second-order valence-electron chi connectivity index (χ2n) is 3.41. The number of aliphatic carboxylic acids is 1. The van der Waals surface area contributed by atoms with Crippen molar-refractivity contribution < 1.29 is 9.90 Å². The van der Waals surface area contributed by atoms with Crippen LogP contribution in [0.2, 0.25) is 0 Å². The van der Waals surface area contributed by atoms with Crippen molar-refractivity contribution in [2.45, 2.75) is 31.7 Å². The lowest BCUT2D eigenvalue weighted by Crippen LogP contribution is -2.30. The molecule has 1 aliphatic carbocycles. The van der Waals surface area contributed by atoms with Gasteiger partial charge >= 0.3 is 5.97 Å². The average Bonchev–Trinajstić information content (AvgIpc) is 2.03. The third-order valence-corrected chi connectivity index (χ3v) is 2.33. The predicted octanol–water partition coefficient (Wildman–Crippen LogP) is -0.0968. The van der Waals surface area contributed by atoms with Crippen molar-refractivity contribution in [2.24, 2.45) is 22.4 Å². The maximum atomic E-state index is 10.7. The second kappa shape index (κ2) is 4.11. The molecule has 0 saturated heterocycles. The first kappa shape index (κ1) is 9.83. The van der Waals surface area contributed by atoms with Crippen LogP contribution in [-0.2, 0) is 4.79 Å². The molecule has 5 N–H and O–H groups in total. The first-order valence-electron chi connectivity index (χ1n) is 4.41. The number of rotatable bonds is 2. The van der Waals surface area contributed by atoms with Crippen molar-refractivity contribution in [1.29, 1.82) is 0 Å². The minimum Gasteiger partial charge on any atom is -0.481 e. The lowest BCUT2D eigenvalue weighted by molar-refractivity contribution is -0.142. The summed E-state index contributed by atoms with van der Waals surface area (Å²) in [5.74, 6) is -0.964. The van der Waals surface area contributed by atoms with Gasteiger partial charge < -0.3 is 16.6 Å². The molecule has 1 fully saturated rings. The van der Waals surface area contributed by atoms with Gasteiger partial charge in [-0.25, -0.2) is 0 Å². The topological polar surface area (TPSA) is 102 Å². The molecule has 0 aliphatic heterocycles. The van der Waals surface area contributed by atoms with Crippen LogP contribution in [-0.4, -0.2) is 23.1 Å². The van der Waals surface area contributed by atoms with E-state index in [1.54, 1.807) is 0 Å². The summed E-state index contributed by atoms with van der Waals surface area (Å²) in [5.41, 5.74) is 10.5. The molecule has 0 heterocycles. The highest BCUT2D eigenvalue weighted by Crippen LogP contribution is 2.26. The van der Waals surface area contributed by atoms with E-state index in [-0.39, 0.29) is 17.9 Å². The van der Waals surface area contributed by atoms with Gasteiger partial charge in [-0.15, -0.1) is 0 Å². The maximum Gasteiger partial charge on any atom is 0.306 e. The van der Waals surface area contributed by atoms with Gasteiger partial charge in [-0.05, 0) is 19.3 Å². The number of guanidine groups is 1. The summed E-state index contributed by atoms with van der Waals surface area (Å²) in [4.78, 5) is 14.7. The van der Waals surface area contributed by atoms with Crippen molar-refractivity contribution in [3.05, 3.63) is 0 Å². The zero-order valence-corrected chi connectivity index (χ0v) is 7.44. The highest BCUT2D eigenvalue weighted by atomic mass is 16.4. The quantitative estimate of drug-likeness (QED) is 0.413. The molecule has 74 valence electrons. The Kier molecular flexibility index (Phi) is 3.11. The molecule has 5 heteroatoms. The average molecular weight is 185 g/mol. The Bertz CT molecular complexity index is 223. The molecule has 0 amide bonds. The van der Waals surface area contributed by atoms with Gasteiger partial charge in [0, 0.05) is 0 Å². The van der Waals surface area contributed by atoms with Crippen LogP contribution in [0.3, 0.4) is 0 Å². The first-order chi connectivity index (χ1) is 6.09. The van der Waals surface area contributed by atoms with Crippen molar-refractivity contribution in [3.63, 3.8) is 0 Å². The van der Waals surface area contributed by atoms with Gasteiger partial charge in [-0.2, -0.15) is 0 Å². The van der Waals surface area contributed by atoms with E-state index in [0.29, 0.717) is 6.42 Å². The SMILES string of the molecule is NC(N)=NC1CCCC(C(=O)O)C1. The van der Waals surface area contributed by atoms with E-state index in [2.05, 4.69) is 4.99 Å². The Morgan fingerprint density at radius 2 is 2.08 bits per heavy atom. The maximum absolute atomic E-state index is 10.7. The number of nitrogens with two attached hydrogens (primary N) is 2. The molecule has 2 atom stereocenters. The van der Waals surface area contributed by atoms with Gasteiger partial charge in [0.25, 0.3) is 0 Å². The Morgan fingerprint density at radius 1 is 1.38 bits per heavy atom. The molecule has 0 aromatic rings. The lowest BCUT2D eigenvalue weighted by atomic mass is 9.86. The molecular weight excluding hydrogens is 170 g/mol. The molecule has 0 bridgehead atoms. The predicted molar refractivity (Wildman–Crippen MR) is 49.2 cm³/mol. The number of carboxylic acids is 1. The largest absolute Gasteiger partial charge is 0.481 e. The highest BCUT2D eigenvalue weighted by Gasteiger charge is 2.26. The van der Waals surface area contributed by atoms with Crippen LogP contribution < -0.4 is 11.5 Å². The first-order valence-corrected chi connectivity index (χ1v) is 4.41. The third kappa shape index (κ3) is 2.93. The molecule has 1 rings (SSSR count). The van der Waals surface area contributed by atoms with Crippen molar-refractivity contribution in [2.75, 3.05) is 0 Å². The molecule has 0 spiro atoms. The van der Waals surface area contributed by atoms with E-state index in [4.69, 9.17) is 16.6 Å². The zero-order valence-electron chi connectivity index (χ0n) is 7.44. The molecule has 0 aromatic heterocycles. The van der Waals surface area contributed by atoms with Crippen LogP contribution in [0.15, 0.2) is 4.99 Å². The lowest BCUT2D eigenvalue weighted by Gasteiger charge is -2.23. The van der Waals surface area contributed by atoms with Crippen LogP contribution >= 0.6 is 0 Å². The van der Waals surface area contributed by atoms with Crippen molar-refractivity contribution in [1.82, 2.24) is 0 Å². The summed E-state index contributed by atoms with van der Waals surface area (Å²) in [6, 6.07) is -0.000139. The third-order valence-electron chi connectivity index (χ3n) is 2.33. The molecule has 13 heavy (non-hydrogen) atoms. The van der Waals surface area contributed by atoms with Crippen molar-refractivity contribution >= 4 is 11.9 Å². The molecule has 0 aromatic carbocycles. The Morgan fingerprint density at radius 3 is 2.62 bits per heavy atom. The fraction of sp³-hybridized carbons (Fsp3) is 0.750. The van der Waals surface area contributed by atoms with Gasteiger partial charge in [-0.3, -0.25) is 9.79 Å². The van der Waals surface area contributed by atoms with E-state index < -0.39 is 5.97 Å². The number of hydrogen-bond acceptors (Lipinski definition) is 2. The summed E-state index contributed by atoms with van der Waals surface area (Å²) in [7, 11) is 0. The van der Waals surface area contributed by atoms with Gasteiger partial charge in [0.2, 0.25) is 0 Å². The molecule has 5 nitrogen and oxygen atoms in total. The molecule has 0 radical (unpaired) electrons. The van der Waals surface area contributed by atoms with Crippen LogP contribution in [0.5, 0.6) is 0 Å².